The van der Waals surface area contributed by atoms with E-state index in [0.717, 1.165) is 27.7 Å². The highest BCUT2D eigenvalue weighted by molar-refractivity contribution is 7.81. The van der Waals surface area contributed by atoms with E-state index in [4.69, 9.17) is 80.5 Å². The van der Waals surface area contributed by atoms with Crippen molar-refractivity contribution in [2.24, 2.45) is 0 Å². The molecule has 9 rings (SSSR count). The van der Waals surface area contributed by atoms with E-state index in [1.165, 1.54) is 0 Å². The first-order valence-corrected chi connectivity index (χ1v) is 42.5. The van der Waals surface area contributed by atoms with E-state index >= 15 is 0 Å². The smallest absolute Gasteiger partial charge is 0.397 e. The maximum Gasteiger partial charge on any atom is 0.397 e. The van der Waals surface area contributed by atoms with Gasteiger partial charge in [0.15, 0.2) is 50.3 Å². The third-order valence-corrected chi connectivity index (χ3v) is 23.1. The zero-order valence-electron chi connectivity index (χ0n) is 68.5. The molecule has 32 N–H and O–H groups in total. The Morgan fingerprint density at radius 2 is 0.654 bits per heavy atom. The lowest BCUT2D eigenvalue weighted by Gasteiger charge is -2.51. The van der Waals surface area contributed by atoms with Gasteiger partial charge in [0.1, 0.15) is 220 Å². The molecular weight excluding hydrogens is 1830 g/mol. The molecule has 46 atom stereocenters. The number of nitrogens with one attached hydrogen (secondary N) is 5. The molecule has 63 heteroatoms. The average Bonchev–Trinajstić information content (AvgIpc) is 0.756. The first-order valence-electron chi connectivity index (χ1n) is 39.7. The Balaban J connectivity index is 0.959. The summed E-state index contributed by atoms with van der Waals surface area (Å²) >= 11 is 0. The fourth-order valence-corrected chi connectivity index (χ4v) is 16.6. The molecule has 752 valence electrons. The summed E-state index contributed by atoms with van der Waals surface area (Å²) in [6.45, 7) is -9.43. The molecule has 0 saturated carbocycles. The Hall–Kier alpha value is -5.08. The van der Waals surface area contributed by atoms with Crippen molar-refractivity contribution in [1.82, 2.24) is 26.6 Å². The number of carbonyl (C=O) groups excluding carboxylic acids is 5. The third-order valence-electron chi connectivity index (χ3n) is 22.3. The van der Waals surface area contributed by atoms with Crippen LogP contribution in [0.4, 0.5) is 0 Å². The Morgan fingerprint density at radius 3 is 0.977 bits per heavy atom. The van der Waals surface area contributed by atoms with Crippen molar-refractivity contribution in [3.63, 3.8) is 0 Å². The molecule has 0 spiro atoms. The zero-order chi connectivity index (χ0) is 96.7. The summed E-state index contributed by atoms with van der Waals surface area (Å²) < 4.78 is 177. The van der Waals surface area contributed by atoms with Gasteiger partial charge in [-0.15, -0.1) is 0 Å². The largest absolute Gasteiger partial charge is 0.477 e. The van der Waals surface area contributed by atoms with E-state index in [1.54, 1.807) is 0 Å². The molecule has 9 heterocycles. The number of carboxylic acids is 1. The molecule has 9 saturated heterocycles. The first-order chi connectivity index (χ1) is 60.9. The van der Waals surface area contributed by atoms with Gasteiger partial charge < -0.3 is 235 Å². The van der Waals surface area contributed by atoms with E-state index in [0.29, 0.717) is 0 Å². The molecule has 0 aliphatic carbocycles. The number of aliphatic carboxylic acids is 1. The second kappa shape index (κ2) is 46.4. The number of aliphatic hydroxyl groups is 24. The van der Waals surface area contributed by atoms with Gasteiger partial charge in [0.25, 0.3) is 5.79 Å². The topological polar surface area (TPSA) is 952 Å². The van der Waals surface area contributed by atoms with Gasteiger partial charge >= 0.3 is 26.8 Å². The van der Waals surface area contributed by atoms with Gasteiger partial charge in [0, 0.05) is 34.1 Å². The molecule has 0 unspecified atom stereocenters. The molecule has 0 bridgehead atoms. The minimum absolute atomic E-state index is 0.783. The Bertz CT molecular complexity index is 3920. The van der Waals surface area contributed by atoms with Gasteiger partial charge in [-0.05, 0) is 0 Å². The van der Waals surface area contributed by atoms with Crippen molar-refractivity contribution in [2.45, 2.75) is 316 Å². The van der Waals surface area contributed by atoms with Crippen molar-refractivity contribution in [3.05, 3.63) is 0 Å². The number of carbonyl (C=O) groups is 6. The average molecular weight is 1950 g/mol. The van der Waals surface area contributed by atoms with Crippen LogP contribution in [-0.2, 0) is 138 Å². The van der Waals surface area contributed by atoms with Crippen LogP contribution in [0.2, 0.25) is 0 Å². The van der Waals surface area contributed by atoms with Crippen molar-refractivity contribution < 1.29 is 271 Å². The zero-order valence-corrected chi connectivity index (χ0v) is 70.1. The van der Waals surface area contributed by atoms with Crippen LogP contribution >= 0.6 is 0 Å². The van der Waals surface area contributed by atoms with E-state index in [-0.39, 0.29) is 0 Å². The summed E-state index contributed by atoms with van der Waals surface area (Å²) in [7, 11) is -11.3. The standard InChI is InChI=1S/C67H111N5O56S2/c1-16(81)68-32-42(94)49(27(12-79)117-59(32)124-56-40(92)25(10-77)115-64(47(56)99)123-52-35(71-19(4)84)58(101)112-22(7-74)37(52)89)120-62-45(97)54(38(90)23(8-75)113-62)125-60-33(69-17(2)82)43(95)50(28(118-60)14-110-129(104,105)106)121-63-46(98)55(39(91)24(9-76)114-63)126-61-34(70-18(3)83)44(96)51(29(119-61)15-111-130(107,108)109)122-65-48(100)57(41(93)26(11-78)116-65)128-67(66(102)103)5-20(85)31(72-30(87)13-80)53(127-67)36(88)21(86)6-73/h20-29,31-65,73-80,85-86,88-101H,5-15H2,1-4H3,(H,68,81)(H,69,82)(H,70,83)(H,71,84)(H,72,87)(H,102,103)(H,104,105,106)(H,107,108,109)/t20-,21+,22+,23+,24+,25+,26+,27+,28+,29+,31+,32+,33+,34+,35+,36+,37-,38-,39-,40-,41-,42+,43+,44+,45+,46+,47+,48+,49+,50+,51+,52+,53+,54-,55-,56-,57-,58+,59-,60-,61-,62-,63-,64-,65-,67-/m0/s1. The van der Waals surface area contributed by atoms with Crippen LogP contribution in [0.1, 0.15) is 34.1 Å². The lowest BCUT2D eigenvalue weighted by Crippen LogP contribution is -2.71. The van der Waals surface area contributed by atoms with Gasteiger partial charge in [-0.25, -0.2) is 13.2 Å². The normalized spacial score (nSPS) is 44.5. The third kappa shape index (κ3) is 25.5. The molecule has 130 heavy (non-hydrogen) atoms. The van der Waals surface area contributed by atoms with Crippen LogP contribution in [0.5, 0.6) is 0 Å². The first kappa shape index (κ1) is 109. The molecule has 61 nitrogen and oxygen atoms in total. The molecule has 9 fully saturated rings. The fourth-order valence-electron chi connectivity index (χ4n) is 16.0. The van der Waals surface area contributed by atoms with Crippen molar-refractivity contribution >= 4 is 56.3 Å². The molecule has 0 radical (unpaired) electrons. The molecule has 9 aliphatic heterocycles. The van der Waals surface area contributed by atoms with E-state index in [9.17, 15) is 182 Å². The molecule has 0 aromatic carbocycles. The summed E-state index contributed by atoms with van der Waals surface area (Å²) in [6, 6.07) is -10.1. The highest BCUT2D eigenvalue weighted by atomic mass is 32.3. The summed E-state index contributed by atoms with van der Waals surface area (Å²) in [5.74, 6) is -11.1. The van der Waals surface area contributed by atoms with E-state index in [2.05, 4.69) is 29.6 Å². The molecule has 5 amide bonds. The maximum absolute atomic E-state index is 13.3. The van der Waals surface area contributed by atoms with E-state index in [1.807, 2.05) is 5.32 Å². The molecule has 9 aliphatic rings. The molecule has 0 aromatic rings. The number of hydrogen-bond donors (Lipinski definition) is 32. The maximum atomic E-state index is 13.3. The second-order valence-corrected chi connectivity index (χ2v) is 33.6. The second-order valence-electron chi connectivity index (χ2n) is 31.4. The van der Waals surface area contributed by atoms with Crippen molar-refractivity contribution in [1.29, 1.82) is 0 Å². The van der Waals surface area contributed by atoms with Gasteiger partial charge in [0.2, 0.25) is 29.5 Å². The van der Waals surface area contributed by atoms with Crippen LogP contribution in [0.25, 0.3) is 0 Å². The summed E-state index contributed by atoms with van der Waals surface area (Å²) in [4.78, 5) is 77.0. The van der Waals surface area contributed by atoms with Crippen LogP contribution in [0.3, 0.4) is 0 Å². The highest BCUT2D eigenvalue weighted by Gasteiger charge is 2.64. The molecule has 0 aromatic heterocycles. The van der Waals surface area contributed by atoms with E-state index < -0.39 is 410 Å². The lowest BCUT2D eigenvalue weighted by atomic mass is 9.88. The predicted molar refractivity (Wildman–Crippen MR) is 394 cm³/mol. The van der Waals surface area contributed by atoms with Gasteiger partial charge in [-0.3, -0.25) is 33.1 Å². The minimum atomic E-state index is -5.66. The van der Waals surface area contributed by atoms with Gasteiger partial charge in [-0.1, -0.05) is 0 Å². The minimum Gasteiger partial charge on any atom is -0.477 e. The number of rotatable bonds is 38. The van der Waals surface area contributed by atoms with Crippen molar-refractivity contribution in [3.8, 4) is 0 Å². The Morgan fingerprint density at radius 1 is 0.362 bits per heavy atom. The molecular formula is C67H111N5O56S2. The van der Waals surface area contributed by atoms with Gasteiger partial charge in [0.05, 0.1) is 71.6 Å². The SMILES string of the molecule is CC(=O)N[C@@H]1[C@@H](O[C@@H]2O[C@H](CO)[C@H](O)[C@H](O[C@@H]3O[C@H](CO)[C@@H](O[C@@H]4O[C@H](CO)[C@H](O)[C@H](O[C@@H]5O[C@H](COS(=O)(=O)O)[C@@H](O[C@@H]6O[C@H](CO)[C@H](O)[C@H](O[C@@H]7O[C@H](COS(=O)(=O)O)[C@@H](O[C@@H]8O[C@H](CO)[C@H](O)[C@H](O[C@]9(C(=O)O)C[C@H](O)[C@@H](NC(=O)CO)[C@H]([C@H](O)[C@H](O)CO)O9)[C@H]8O)[C@H](O)[C@H]7NC(C)=O)[C@H]6O)[C@H](O)[C@H]5NC(C)=O)[C@H]4O)[C@H](O)[C@H]3NC(C)=O)[C@H]2O)[C@@H](O)[C@@H](CO)O[C@H]1O. The Labute approximate surface area is 733 Å². The highest BCUT2D eigenvalue weighted by Crippen LogP contribution is 2.43. The fraction of sp³-hybridized carbons (Fsp3) is 0.910. The summed E-state index contributed by atoms with van der Waals surface area (Å²) in [5.41, 5.74) is 0. The van der Waals surface area contributed by atoms with Gasteiger partial charge in [-0.2, -0.15) is 16.8 Å². The number of carboxylic acid groups (broad SMARTS) is 1. The number of aliphatic hydroxyl groups excluding tert-OH is 24. The van der Waals surface area contributed by atoms with Crippen LogP contribution in [0.15, 0.2) is 0 Å². The number of amides is 5. The van der Waals surface area contributed by atoms with Crippen LogP contribution in [-0.4, -0.2) is 537 Å². The lowest BCUT2D eigenvalue weighted by molar-refractivity contribution is -0.392. The van der Waals surface area contributed by atoms with Crippen LogP contribution in [0, 0.1) is 0 Å². The summed E-state index contributed by atoms with van der Waals surface area (Å²) in [6.07, 6.45) is -93.1. The number of hydrogen-bond acceptors (Lipinski definition) is 53. The Kier molecular flexibility index (Phi) is 38.7. The predicted octanol–water partition coefficient (Wildman–Crippen LogP) is -22.1. The van der Waals surface area contributed by atoms with Crippen molar-refractivity contribution in [2.75, 3.05) is 66.1 Å². The summed E-state index contributed by atoms with van der Waals surface area (Å²) in [5, 5.41) is 290. The monoisotopic (exact) mass is 1950 g/mol. The quantitative estimate of drug-likeness (QED) is 0.0255. The number of ether oxygens (including phenoxy) is 17. The van der Waals surface area contributed by atoms with Crippen LogP contribution < -0.4 is 26.6 Å².